The summed E-state index contributed by atoms with van der Waals surface area (Å²) in [7, 11) is 4.25. The smallest absolute Gasteiger partial charge is 0.142 e. The maximum Gasteiger partial charge on any atom is 0.142 e. The van der Waals surface area contributed by atoms with Gasteiger partial charge in [-0.05, 0) is 70.7 Å². The van der Waals surface area contributed by atoms with E-state index in [2.05, 4.69) is 25.1 Å². The van der Waals surface area contributed by atoms with Gasteiger partial charge < -0.3 is 10.0 Å². The van der Waals surface area contributed by atoms with Gasteiger partial charge in [0.25, 0.3) is 0 Å². The predicted octanol–water partition coefficient (Wildman–Crippen LogP) is 2.81. The zero-order chi connectivity index (χ0) is 15.2. The predicted molar refractivity (Wildman–Crippen MR) is 86.0 cm³/mol. The third-order valence-corrected chi connectivity index (χ3v) is 4.97. The van der Waals surface area contributed by atoms with Gasteiger partial charge in [-0.3, -0.25) is 4.79 Å². The van der Waals surface area contributed by atoms with Crippen molar-refractivity contribution < 1.29 is 9.90 Å². The summed E-state index contributed by atoms with van der Waals surface area (Å²) in [5.74, 6) is 1.22. The molecule has 0 saturated heterocycles. The van der Waals surface area contributed by atoms with E-state index in [-0.39, 0.29) is 12.0 Å². The second-order valence-corrected chi connectivity index (χ2v) is 6.87. The summed E-state index contributed by atoms with van der Waals surface area (Å²) >= 11 is 0. The van der Waals surface area contributed by atoms with Crippen molar-refractivity contribution in [2.24, 2.45) is 17.8 Å². The summed E-state index contributed by atoms with van der Waals surface area (Å²) < 4.78 is 0. The molecule has 2 aliphatic carbocycles. The third kappa shape index (κ3) is 4.52. The maximum absolute atomic E-state index is 10.5. The van der Waals surface area contributed by atoms with Crippen LogP contribution >= 0.6 is 0 Å². The molecule has 0 aromatic rings. The van der Waals surface area contributed by atoms with E-state index in [1.807, 2.05) is 6.08 Å². The Morgan fingerprint density at radius 1 is 1.33 bits per heavy atom. The summed E-state index contributed by atoms with van der Waals surface area (Å²) in [5.41, 5.74) is 1.58. The lowest BCUT2D eigenvalue weighted by molar-refractivity contribution is -0.104. The first-order valence-electron chi connectivity index (χ1n) is 8.26. The van der Waals surface area contributed by atoms with Crippen molar-refractivity contribution in [2.75, 3.05) is 20.6 Å². The standard InChI is InChI=1S/C18H29NO2/c1-19(2)9-5-3-4-7-14-11-15-13-18(21)16(8-6-10-20)17(15)12-14/h6,8,10-11,15-18,21H,3-5,7,9,12-13H2,1-2H3/b8-6+/t15-,16+,17-,18+/m0/s1. The molecule has 0 amide bonds. The highest BCUT2D eigenvalue weighted by atomic mass is 16.3. The van der Waals surface area contributed by atoms with Crippen LogP contribution in [0.3, 0.4) is 0 Å². The molecule has 3 nitrogen and oxygen atoms in total. The van der Waals surface area contributed by atoms with Gasteiger partial charge in [-0.15, -0.1) is 0 Å². The molecule has 118 valence electrons. The molecule has 4 atom stereocenters. The number of fused-ring (bicyclic) bond motifs is 1. The Morgan fingerprint density at radius 3 is 2.86 bits per heavy atom. The summed E-state index contributed by atoms with van der Waals surface area (Å²) in [6, 6.07) is 0. The molecule has 0 heterocycles. The molecule has 1 N–H and O–H groups in total. The Hall–Kier alpha value is -0.930. The van der Waals surface area contributed by atoms with Crippen LogP contribution in [0.1, 0.15) is 38.5 Å². The van der Waals surface area contributed by atoms with Crippen molar-refractivity contribution in [1.82, 2.24) is 4.90 Å². The molecule has 1 fully saturated rings. The normalized spacial score (nSPS) is 31.9. The fourth-order valence-electron chi connectivity index (χ4n) is 3.92. The van der Waals surface area contributed by atoms with Crippen LogP contribution in [0.15, 0.2) is 23.8 Å². The van der Waals surface area contributed by atoms with Crippen molar-refractivity contribution in [3.8, 4) is 0 Å². The van der Waals surface area contributed by atoms with E-state index in [0.717, 1.165) is 19.1 Å². The lowest BCUT2D eigenvalue weighted by Crippen LogP contribution is -2.17. The van der Waals surface area contributed by atoms with E-state index in [9.17, 15) is 9.90 Å². The average Bonchev–Trinajstić information content (AvgIpc) is 2.93. The molecule has 3 heteroatoms. The van der Waals surface area contributed by atoms with Crippen LogP contribution in [0, 0.1) is 17.8 Å². The molecule has 1 saturated carbocycles. The van der Waals surface area contributed by atoms with Crippen molar-refractivity contribution in [3.05, 3.63) is 23.8 Å². The van der Waals surface area contributed by atoms with Gasteiger partial charge in [0.15, 0.2) is 0 Å². The summed E-state index contributed by atoms with van der Waals surface area (Å²) in [6.45, 7) is 1.18. The second kappa shape index (κ2) is 7.90. The fraction of sp³-hybridized carbons (Fsp3) is 0.722. The first kappa shape index (κ1) is 16.4. The molecule has 21 heavy (non-hydrogen) atoms. The molecule has 0 aromatic carbocycles. The monoisotopic (exact) mass is 291 g/mol. The summed E-state index contributed by atoms with van der Waals surface area (Å²) in [4.78, 5) is 12.7. The van der Waals surface area contributed by atoms with Crippen LogP contribution in [0.4, 0.5) is 0 Å². The van der Waals surface area contributed by atoms with Gasteiger partial charge in [-0.1, -0.05) is 24.1 Å². The third-order valence-electron chi connectivity index (χ3n) is 4.97. The Labute approximate surface area is 128 Å². The van der Waals surface area contributed by atoms with Crippen LogP contribution in [0.5, 0.6) is 0 Å². The maximum atomic E-state index is 10.5. The topological polar surface area (TPSA) is 40.5 Å². The molecular formula is C18H29NO2. The van der Waals surface area contributed by atoms with Gasteiger partial charge in [-0.25, -0.2) is 0 Å². The van der Waals surface area contributed by atoms with Crippen molar-refractivity contribution >= 4 is 6.29 Å². The number of aliphatic hydroxyl groups excluding tert-OH is 1. The van der Waals surface area contributed by atoms with E-state index in [1.54, 1.807) is 11.6 Å². The Bertz CT molecular complexity index is 400. The molecule has 2 aliphatic rings. The minimum Gasteiger partial charge on any atom is -0.392 e. The average molecular weight is 291 g/mol. The van der Waals surface area contributed by atoms with Crippen LogP contribution in [-0.2, 0) is 4.79 Å². The highest BCUT2D eigenvalue weighted by molar-refractivity contribution is 5.64. The van der Waals surface area contributed by atoms with E-state index < -0.39 is 0 Å². The highest BCUT2D eigenvalue weighted by Crippen LogP contribution is 2.48. The number of aldehydes is 1. The minimum absolute atomic E-state index is 0.169. The molecule has 2 rings (SSSR count). The van der Waals surface area contributed by atoms with E-state index in [4.69, 9.17) is 0 Å². The second-order valence-electron chi connectivity index (χ2n) is 6.87. The highest BCUT2D eigenvalue weighted by Gasteiger charge is 2.42. The first-order valence-corrected chi connectivity index (χ1v) is 8.26. The zero-order valence-electron chi connectivity index (χ0n) is 13.4. The zero-order valence-corrected chi connectivity index (χ0v) is 13.4. The van der Waals surface area contributed by atoms with Crippen molar-refractivity contribution in [3.63, 3.8) is 0 Å². The van der Waals surface area contributed by atoms with Gasteiger partial charge in [0.2, 0.25) is 0 Å². The fourth-order valence-corrected chi connectivity index (χ4v) is 3.92. The van der Waals surface area contributed by atoms with Crippen LogP contribution in [-0.4, -0.2) is 43.0 Å². The van der Waals surface area contributed by atoms with Crippen LogP contribution < -0.4 is 0 Å². The van der Waals surface area contributed by atoms with Crippen LogP contribution in [0.2, 0.25) is 0 Å². The number of carbonyl (C=O) groups is 1. The number of nitrogens with zero attached hydrogens (tertiary/aromatic N) is 1. The van der Waals surface area contributed by atoms with Crippen molar-refractivity contribution in [1.29, 1.82) is 0 Å². The first-order chi connectivity index (χ1) is 10.1. The van der Waals surface area contributed by atoms with Gasteiger partial charge >= 0.3 is 0 Å². The van der Waals surface area contributed by atoms with E-state index in [1.165, 1.54) is 32.2 Å². The summed E-state index contributed by atoms with van der Waals surface area (Å²) in [6.07, 6.45) is 13.4. The molecular weight excluding hydrogens is 262 g/mol. The van der Waals surface area contributed by atoms with Gasteiger partial charge in [0.05, 0.1) is 6.10 Å². The Morgan fingerprint density at radius 2 is 2.14 bits per heavy atom. The number of aliphatic hydroxyl groups is 1. The molecule has 0 aromatic heterocycles. The number of hydrogen-bond acceptors (Lipinski definition) is 3. The van der Waals surface area contributed by atoms with Gasteiger partial charge in [0.1, 0.15) is 6.29 Å². The Balaban J connectivity index is 1.75. The lowest BCUT2D eigenvalue weighted by atomic mass is 9.89. The quantitative estimate of drug-likeness (QED) is 0.323. The van der Waals surface area contributed by atoms with Crippen LogP contribution in [0.25, 0.3) is 0 Å². The molecule has 0 spiro atoms. The lowest BCUT2D eigenvalue weighted by Gasteiger charge is -2.17. The number of carbonyl (C=O) groups excluding carboxylic acids is 1. The summed E-state index contributed by atoms with van der Waals surface area (Å²) in [5, 5.41) is 10.1. The van der Waals surface area contributed by atoms with E-state index in [0.29, 0.717) is 11.8 Å². The minimum atomic E-state index is -0.269. The molecule has 0 aliphatic heterocycles. The molecule has 0 radical (unpaired) electrons. The molecule has 0 unspecified atom stereocenters. The molecule has 0 bridgehead atoms. The van der Waals surface area contributed by atoms with Crippen molar-refractivity contribution in [2.45, 2.75) is 44.6 Å². The Kier molecular flexibility index (Phi) is 6.19. The number of rotatable bonds is 8. The largest absolute Gasteiger partial charge is 0.392 e. The number of hydrogen-bond donors (Lipinski definition) is 1. The van der Waals surface area contributed by atoms with E-state index >= 15 is 0 Å². The van der Waals surface area contributed by atoms with Gasteiger partial charge in [-0.2, -0.15) is 0 Å². The number of allylic oxidation sites excluding steroid dienone is 3. The number of unbranched alkanes of at least 4 members (excludes halogenated alkanes) is 2. The van der Waals surface area contributed by atoms with Gasteiger partial charge in [0, 0.05) is 5.92 Å². The SMILES string of the molecule is CN(C)CCCCCC1=C[C@H]2C[C@@H](O)[C@H](/C=C/C=O)[C@H]2C1.